The fraction of sp³-hybridized carbons (Fsp3) is 0.278. The lowest BCUT2D eigenvalue weighted by atomic mass is 10.1. The lowest BCUT2D eigenvalue weighted by molar-refractivity contribution is -0.0220. The quantitative estimate of drug-likeness (QED) is 0.587. The molecule has 4 rings (SSSR count). The Bertz CT molecular complexity index is 1090. The highest BCUT2D eigenvalue weighted by Gasteiger charge is 2.37. The minimum absolute atomic E-state index is 0.0941. The van der Waals surface area contributed by atoms with Gasteiger partial charge in [-0.05, 0) is 36.4 Å². The van der Waals surface area contributed by atoms with Gasteiger partial charge in [0.15, 0.2) is 4.21 Å². The molecule has 0 amide bonds. The summed E-state index contributed by atoms with van der Waals surface area (Å²) in [4.78, 5) is 6.68. The van der Waals surface area contributed by atoms with Crippen LogP contribution in [-0.2, 0) is 9.84 Å². The molecule has 142 valence electrons. The largest absolute Gasteiger partial charge is 0.369 e. The Morgan fingerprint density at radius 3 is 2.44 bits per heavy atom. The summed E-state index contributed by atoms with van der Waals surface area (Å²) in [7, 11) is -3.84. The summed E-state index contributed by atoms with van der Waals surface area (Å²) in [6, 6.07) is 9.42. The van der Waals surface area contributed by atoms with Crippen molar-refractivity contribution in [1.82, 2.24) is 4.98 Å². The van der Waals surface area contributed by atoms with Crippen LogP contribution in [0, 0.1) is 0 Å². The Labute approximate surface area is 164 Å². The summed E-state index contributed by atoms with van der Waals surface area (Å²) in [6.07, 6.45) is 0.988. The van der Waals surface area contributed by atoms with Crippen molar-refractivity contribution < 1.29 is 17.2 Å². The number of hydrogen-bond acceptors (Lipinski definition) is 5. The van der Waals surface area contributed by atoms with Gasteiger partial charge in [-0.2, -0.15) is 0 Å². The first-order valence-electron chi connectivity index (χ1n) is 8.29. The number of thiophene rings is 1. The molecule has 1 aliphatic rings. The van der Waals surface area contributed by atoms with E-state index in [1.807, 2.05) is 0 Å². The van der Waals surface area contributed by atoms with Crippen LogP contribution in [0.25, 0.3) is 10.2 Å². The predicted octanol–water partition coefficient (Wildman–Crippen LogP) is 5.02. The molecule has 0 bridgehead atoms. The van der Waals surface area contributed by atoms with Crippen LogP contribution in [0.1, 0.15) is 12.8 Å². The average Bonchev–Trinajstić information content (AvgIpc) is 3.03. The second-order valence-electron chi connectivity index (χ2n) is 6.39. The summed E-state index contributed by atoms with van der Waals surface area (Å²) >= 11 is 6.93. The van der Waals surface area contributed by atoms with Gasteiger partial charge < -0.3 is 4.90 Å². The molecule has 1 aromatic carbocycles. The molecule has 0 aliphatic carbocycles. The zero-order valence-corrected chi connectivity index (χ0v) is 16.4. The van der Waals surface area contributed by atoms with Gasteiger partial charge in [-0.3, -0.25) is 0 Å². The molecule has 0 atom stereocenters. The number of nitrogens with zero attached hydrogens (tertiary/aromatic N) is 2. The number of sulfone groups is 1. The van der Waals surface area contributed by atoms with Gasteiger partial charge in [0.25, 0.3) is 5.92 Å². The Hall–Kier alpha value is -1.77. The number of rotatable bonds is 3. The molecule has 0 saturated carbocycles. The Morgan fingerprint density at radius 2 is 1.78 bits per heavy atom. The zero-order valence-electron chi connectivity index (χ0n) is 14.0. The topological polar surface area (TPSA) is 50.3 Å². The molecule has 0 N–H and O–H groups in total. The summed E-state index contributed by atoms with van der Waals surface area (Å²) in [5.74, 6) is -2.71. The first-order valence-corrected chi connectivity index (χ1v) is 11.0. The minimum atomic E-state index is -3.84. The molecular weight excluding hydrogens is 414 g/mol. The van der Waals surface area contributed by atoms with E-state index in [1.165, 1.54) is 24.3 Å². The number of hydrogen-bond donors (Lipinski definition) is 0. The molecule has 4 nitrogen and oxygen atoms in total. The number of fused-ring (bicyclic) bond motifs is 1. The van der Waals surface area contributed by atoms with Gasteiger partial charge in [-0.15, -0.1) is 11.3 Å². The number of aromatic nitrogens is 1. The van der Waals surface area contributed by atoms with Gasteiger partial charge in [0.1, 0.15) is 4.83 Å². The van der Waals surface area contributed by atoms with Gasteiger partial charge >= 0.3 is 0 Å². The molecule has 9 heteroatoms. The van der Waals surface area contributed by atoms with Crippen molar-refractivity contribution in [2.45, 2.75) is 27.9 Å². The number of pyridine rings is 1. The summed E-state index contributed by atoms with van der Waals surface area (Å²) in [5, 5.41) is 1.10. The first-order chi connectivity index (χ1) is 12.8. The minimum Gasteiger partial charge on any atom is -0.369 e. The fourth-order valence-corrected chi connectivity index (χ4v) is 6.35. The molecule has 0 radical (unpaired) electrons. The molecule has 1 saturated heterocycles. The van der Waals surface area contributed by atoms with Crippen molar-refractivity contribution in [2.24, 2.45) is 0 Å². The SMILES string of the molecule is O=S(=O)(c1ccc(Cl)cc1)c1sc2ncccc2c1N1CCC(F)(F)CC1. The van der Waals surface area contributed by atoms with Crippen LogP contribution in [0.5, 0.6) is 0 Å². The van der Waals surface area contributed by atoms with E-state index in [1.54, 1.807) is 23.2 Å². The van der Waals surface area contributed by atoms with E-state index in [0.29, 0.717) is 20.9 Å². The van der Waals surface area contributed by atoms with E-state index in [-0.39, 0.29) is 35.0 Å². The number of piperidine rings is 1. The third-order valence-corrected chi connectivity index (χ3v) is 8.22. The standard InChI is InChI=1S/C18H15ClF2N2O2S2/c19-12-3-5-13(6-4-12)27(24,25)17-15(14-2-1-9-22-16(14)26-17)23-10-7-18(20,21)8-11-23/h1-6,9H,7-8,10-11H2. The Kier molecular flexibility index (Phi) is 4.60. The van der Waals surface area contributed by atoms with Crippen molar-refractivity contribution in [2.75, 3.05) is 18.0 Å². The van der Waals surface area contributed by atoms with Crippen LogP contribution in [0.4, 0.5) is 14.5 Å². The molecule has 27 heavy (non-hydrogen) atoms. The third kappa shape index (κ3) is 3.41. The third-order valence-electron chi connectivity index (χ3n) is 4.59. The van der Waals surface area contributed by atoms with Gasteiger partial charge in [0.2, 0.25) is 9.84 Å². The smallest absolute Gasteiger partial charge is 0.251 e. The number of anilines is 1. The van der Waals surface area contributed by atoms with Gasteiger partial charge in [-0.1, -0.05) is 11.6 Å². The lowest BCUT2D eigenvalue weighted by Gasteiger charge is -2.33. The zero-order chi connectivity index (χ0) is 19.2. The van der Waals surface area contributed by atoms with Gasteiger partial charge in [0, 0.05) is 42.5 Å². The van der Waals surface area contributed by atoms with Crippen molar-refractivity contribution in [3.63, 3.8) is 0 Å². The first kappa shape index (κ1) is 18.6. The highest BCUT2D eigenvalue weighted by molar-refractivity contribution is 7.93. The number of alkyl halides is 2. The highest BCUT2D eigenvalue weighted by Crippen LogP contribution is 2.44. The van der Waals surface area contributed by atoms with Crippen LogP contribution in [0.15, 0.2) is 51.7 Å². The van der Waals surface area contributed by atoms with E-state index >= 15 is 0 Å². The number of halogens is 3. The predicted molar refractivity (Wildman–Crippen MR) is 103 cm³/mol. The van der Waals surface area contributed by atoms with E-state index in [9.17, 15) is 17.2 Å². The molecule has 3 aromatic rings. The summed E-state index contributed by atoms with van der Waals surface area (Å²) in [5.41, 5.74) is 0.466. The van der Waals surface area contributed by atoms with Crippen LogP contribution >= 0.6 is 22.9 Å². The molecule has 0 spiro atoms. The van der Waals surface area contributed by atoms with E-state index in [4.69, 9.17) is 11.6 Å². The highest BCUT2D eigenvalue weighted by atomic mass is 35.5. The van der Waals surface area contributed by atoms with Crippen LogP contribution < -0.4 is 4.90 Å². The monoisotopic (exact) mass is 428 g/mol. The van der Waals surface area contributed by atoms with Crippen molar-refractivity contribution in [3.8, 4) is 0 Å². The average molecular weight is 429 g/mol. The van der Waals surface area contributed by atoms with E-state index in [0.717, 1.165) is 11.3 Å². The molecule has 1 fully saturated rings. The second-order valence-corrected chi connectivity index (χ2v) is 9.98. The fourth-order valence-electron chi connectivity index (χ4n) is 3.16. The Morgan fingerprint density at radius 1 is 1.11 bits per heavy atom. The van der Waals surface area contributed by atoms with Crippen molar-refractivity contribution in [3.05, 3.63) is 47.6 Å². The van der Waals surface area contributed by atoms with Gasteiger partial charge in [-0.25, -0.2) is 22.2 Å². The normalized spacial score (nSPS) is 17.4. The molecular formula is C18H15ClF2N2O2S2. The van der Waals surface area contributed by atoms with Crippen LogP contribution in [0.2, 0.25) is 5.02 Å². The van der Waals surface area contributed by atoms with Crippen molar-refractivity contribution >= 4 is 48.7 Å². The van der Waals surface area contributed by atoms with E-state index in [2.05, 4.69) is 4.98 Å². The summed E-state index contributed by atoms with van der Waals surface area (Å²) < 4.78 is 53.9. The van der Waals surface area contributed by atoms with Crippen molar-refractivity contribution in [1.29, 1.82) is 0 Å². The maximum atomic E-state index is 13.6. The van der Waals surface area contributed by atoms with E-state index < -0.39 is 15.8 Å². The molecule has 1 aliphatic heterocycles. The van der Waals surface area contributed by atoms with Gasteiger partial charge in [0.05, 0.1) is 10.6 Å². The maximum absolute atomic E-state index is 13.6. The number of benzene rings is 1. The molecule has 0 unspecified atom stereocenters. The van der Waals surface area contributed by atoms with Crippen LogP contribution in [0.3, 0.4) is 0 Å². The Balaban J connectivity index is 1.87. The molecule has 2 aromatic heterocycles. The lowest BCUT2D eigenvalue weighted by Crippen LogP contribution is -2.39. The second kappa shape index (κ2) is 6.68. The molecule has 3 heterocycles. The summed E-state index contributed by atoms with van der Waals surface area (Å²) in [6.45, 7) is 0.188. The maximum Gasteiger partial charge on any atom is 0.251 e. The van der Waals surface area contributed by atoms with Crippen LogP contribution in [-0.4, -0.2) is 32.4 Å².